The van der Waals surface area contributed by atoms with E-state index in [4.69, 9.17) is 11.6 Å². The van der Waals surface area contributed by atoms with E-state index in [0.717, 1.165) is 18.0 Å². The van der Waals surface area contributed by atoms with Gasteiger partial charge in [-0.15, -0.1) is 11.3 Å². The van der Waals surface area contributed by atoms with Gasteiger partial charge in [-0.05, 0) is 36.9 Å². The first-order valence-corrected chi connectivity index (χ1v) is 7.48. The third kappa shape index (κ3) is 3.35. The fourth-order valence-electron chi connectivity index (χ4n) is 2.13. The topological polar surface area (TPSA) is 12.0 Å². The van der Waals surface area contributed by atoms with Crippen molar-refractivity contribution >= 4 is 22.9 Å². The number of nitrogens with one attached hydrogen (secondary N) is 1. The van der Waals surface area contributed by atoms with Gasteiger partial charge in [0.2, 0.25) is 0 Å². The van der Waals surface area contributed by atoms with Crippen LogP contribution in [-0.4, -0.2) is 6.54 Å². The van der Waals surface area contributed by atoms with Gasteiger partial charge in [0.15, 0.2) is 0 Å². The van der Waals surface area contributed by atoms with Crippen molar-refractivity contribution in [3.05, 3.63) is 56.7 Å². The Morgan fingerprint density at radius 2 is 2.17 bits per heavy atom. The average molecular weight is 280 g/mol. The zero-order valence-electron chi connectivity index (χ0n) is 10.7. The minimum absolute atomic E-state index is 0.310. The lowest BCUT2D eigenvalue weighted by Gasteiger charge is -2.17. The molecule has 3 heteroatoms. The van der Waals surface area contributed by atoms with E-state index in [2.05, 4.69) is 48.8 Å². The van der Waals surface area contributed by atoms with Gasteiger partial charge in [0.25, 0.3) is 0 Å². The molecule has 2 rings (SSSR count). The molecule has 0 saturated heterocycles. The van der Waals surface area contributed by atoms with Gasteiger partial charge < -0.3 is 5.32 Å². The lowest BCUT2D eigenvalue weighted by Crippen LogP contribution is -2.22. The Morgan fingerprint density at radius 1 is 1.33 bits per heavy atom. The smallest absolute Gasteiger partial charge is 0.0561 e. The maximum absolute atomic E-state index is 6.24. The van der Waals surface area contributed by atoms with Crippen LogP contribution in [0.15, 0.2) is 35.7 Å². The fraction of sp³-hybridized carbons (Fsp3) is 0.333. The van der Waals surface area contributed by atoms with Gasteiger partial charge in [-0.3, -0.25) is 0 Å². The summed E-state index contributed by atoms with van der Waals surface area (Å²) in [7, 11) is 0. The molecule has 96 valence electrons. The third-order valence-electron chi connectivity index (χ3n) is 2.93. The number of thiophene rings is 1. The van der Waals surface area contributed by atoms with E-state index in [9.17, 15) is 0 Å². The molecule has 1 atom stereocenters. The second-order valence-corrected chi connectivity index (χ2v) is 5.79. The first-order valence-electron chi connectivity index (χ1n) is 6.22. The summed E-state index contributed by atoms with van der Waals surface area (Å²) in [5.74, 6) is 0. The van der Waals surface area contributed by atoms with Crippen molar-refractivity contribution in [2.24, 2.45) is 0 Å². The Balaban J connectivity index is 2.19. The van der Waals surface area contributed by atoms with Gasteiger partial charge in [0, 0.05) is 10.9 Å². The van der Waals surface area contributed by atoms with E-state index in [1.54, 1.807) is 11.3 Å². The van der Waals surface area contributed by atoms with Gasteiger partial charge in [0.05, 0.1) is 5.02 Å². The van der Waals surface area contributed by atoms with Gasteiger partial charge in [0.1, 0.15) is 0 Å². The summed E-state index contributed by atoms with van der Waals surface area (Å²) in [5.41, 5.74) is 2.66. The quantitative estimate of drug-likeness (QED) is 0.843. The summed E-state index contributed by atoms with van der Waals surface area (Å²) in [6.45, 7) is 5.21. The normalized spacial score (nSPS) is 12.6. The molecule has 18 heavy (non-hydrogen) atoms. The lowest BCUT2D eigenvalue weighted by atomic mass is 10.0. The molecular weight excluding hydrogens is 262 g/mol. The largest absolute Gasteiger partial charge is 0.309 e. The molecule has 0 fully saturated rings. The van der Waals surface area contributed by atoms with Crippen molar-refractivity contribution in [2.75, 3.05) is 6.54 Å². The van der Waals surface area contributed by atoms with Crippen molar-refractivity contribution in [1.29, 1.82) is 0 Å². The molecule has 2 aromatic rings. The highest BCUT2D eigenvalue weighted by Gasteiger charge is 2.15. The Kier molecular flexibility index (Phi) is 4.81. The summed E-state index contributed by atoms with van der Waals surface area (Å²) in [4.78, 5) is 1.24. The molecule has 0 aliphatic rings. The lowest BCUT2D eigenvalue weighted by molar-refractivity contribution is 0.558. The number of likely N-dealkylation sites (N-methyl/N-ethyl adjacent to an activating group) is 1. The highest BCUT2D eigenvalue weighted by molar-refractivity contribution is 7.10. The summed E-state index contributed by atoms with van der Waals surface area (Å²) >= 11 is 7.96. The summed E-state index contributed by atoms with van der Waals surface area (Å²) in [6, 6.07) is 10.9. The molecule has 1 heterocycles. The number of hydrogen-bond acceptors (Lipinski definition) is 2. The maximum Gasteiger partial charge on any atom is 0.0561 e. The molecule has 1 nitrogen and oxygen atoms in total. The number of aryl methyl sites for hydroxylation is 1. The number of rotatable bonds is 5. The minimum atomic E-state index is 0.310. The fourth-order valence-corrected chi connectivity index (χ4v) is 3.40. The van der Waals surface area contributed by atoms with Crippen molar-refractivity contribution in [3.8, 4) is 0 Å². The van der Waals surface area contributed by atoms with Crippen LogP contribution in [0.3, 0.4) is 0 Å². The highest BCUT2D eigenvalue weighted by Crippen LogP contribution is 2.30. The van der Waals surface area contributed by atoms with Crippen LogP contribution in [-0.2, 0) is 6.42 Å². The molecule has 1 unspecified atom stereocenters. The number of hydrogen-bond donors (Lipinski definition) is 1. The summed E-state index contributed by atoms with van der Waals surface area (Å²) < 4.78 is 0. The number of benzene rings is 1. The van der Waals surface area contributed by atoms with Crippen LogP contribution in [0.25, 0.3) is 0 Å². The van der Waals surface area contributed by atoms with Gasteiger partial charge >= 0.3 is 0 Å². The predicted octanol–water partition coefficient (Wildman–Crippen LogP) is 4.60. The standard InChI is InChI=1S/C15H18ClNS/c1-3-17-14(15-13(16)7-8-18-15)10-12-6-4-5-11(2)9-12/h4-9,14,17H,3,10H2,1-2H3. The molecule has 0 bridgehead atoms. The van der Waals surface area contributed by atoms with Crippen molar-refractivity contribution < 1.29 is 0 Å². The molecule has 0 aliphatic carbocycles. The predicted molar refractivity (Wildman–Crippen MR) is 80.6 cm³/mol. The maximum atomic E-state index is 6.24. The third-order valence-corrected chi connectivity index (χ3v) is 4.41. The van der Waals surface area contributed by atoms with Crippen LogP contribution < -0.4 is 5.32 Å². The molecule has 1 N–H and O–H groups in total. The minimum Gasteiger partial charge on any atom is -0.309 e. The van der Waals surface area contributed by atoms with E-state index in [1.807, 2.05) is 6.07 Å². The van der Waals surface area contributed by atoms with E-state index >= 15 is 0 Å². The van der Waals surface area contributed by atoms with Crippen molar-refractivity contribution in [3.63, 3.8) is 0 Å². The first kappa shape index (κ1) is 13.6. The second kappa shape index (κ2) is 6.37. The van der Waals surface area contributed by atoms with E-state index in [1.165, 1.54) is 16.0 Å². The zero-order valence-corrected chi connectivity index (χ0v) is 12.3. The van der Waals surface area contributed by atoms with Gasteiger partial charge in [-0.25, -0.2) is 0 Å². The zero-order chi connectivity index (χ0) is 13.0. The van der Waals surface area contributed by atoms with Crippen LogP contribution in [0.4, 0.5) is 0 Å². The van der Waals surface area contributed by atoms with Gasteiger partial charge in [-0.1, -0.05) is 48.4 Å². The Labute approximate surface area is 118 Å². The van der Waals surface area contributed by atoms with Crippen molar-refractivity contribution in [2.45, 2.75) is 26.3 Å². The van der Waals surface area contributed by atoms with E-state index in [-0.39, 0.29) is 0 Å². The summed E-state index contributed by atoms with van der Waals surface area (Å²) in [5, 5.41) is 6.45. The highest BCUT2D eigenvalue weighted by atomic mass is 35.5. The molecule has 0 saturated carbocycles. The first-order chi connectivity index (χ1) is 8.70. The monoisotopic (exact) mass is 279 g/mol. The SMILES string of the molecule is CCNC(Cc1cccc(C)c1)c1sccc1Cl. The van der Waals surface area contributed by atoms with Gasteiger partial charge in [-0.2, -0.15) is 0 Å². The van der Waals surface area contributed by atoms with Crippen LogP contribution in [0, 0.1) is 6.92 Å². The molecule has 0 aliphatic heterocycles. The Bertz CT molecular complexity index is 507. The Hall–Kier alpha value is -0.830. The Morgan fingerprint density at radius 3 is 2.78 bits per heavy atom. The van der Waals surface area contributed by atoms with Crippen LogP contribution >= 0.6 is 22.9 Å². The van der Waals surface area contributed by atoms with E-state index in [0.29, 0.717) is 6.04 Å². The van der Waals surface area contributed by atoms with Crippen LogP contribution in [0.1, 0.15) is 29.0 Å². The summed E-state index contributed by atoms with van der Waals surface area (Å²) in [6.07, 6.45) is 0.982. The number of halogens is 1. The van der Waals surface area contributed by atoms with E-state index < -0.39 is 0 Å². The van der Waals surface area contributed by atoms with Crippen LogP contribution in [0.2, 0.25) is 5.02 Å². The van der Waals surface area contributed by atoms with Crippen LogP contribution in [0.5, 0.6) is 0 Å². The van der Waals surface area contributed by atoms with Crippen molar-refractivity contribution in [1.82, 2.24) is 5.32 Å². The molecule has 0 amide bonds. The average Bonchev–Trinajstić information content (AvgIpc) is 2.75. The molecule has 1 aromatic heterocycles. The molecule has 0 spiro atoms. The molecule has 1 aromatic carbocycles. The second-order valence-electron chi connectivity index (χ2n) is 4.44. The molecule has 0 radical (unpaired) electrons. The molecular formula is C15H18ClNS.